The van der Waals surface area contributed by atoms with Crippen molar-refractivity contribution in [3.05, 3.63) is 52.2 Å². The number of nitrogens with one attached hydrogen (secondary N) is 1. The lowest BCUT2D eigenvalue weighted by atomic mass is 10.2. The van der Waals surface area contributed by atoms with Gasteiger partial charge in [-0.15, -0.1) is 0 Å². The first-order chi connectivity index (χ1) is 10.2. The molecule has 2 aromatic rings. The van der Waals surface area contributed by atoms with Gasteiger partial charge in [0.05, 0.1) is 11.3 Å². The fraction of sp³-hybridized carbons (Fsp3) is 0.250. The van der Waals surface area contributed by atoms with Gasteiger partial charge in [0.2, 0.25) is 5.91 Å². The molecule has 1 heterocycles. The number of thiophene rings is 1. The van der Waals surface area contributed by atoms with Gasteiger partial charge in [-0.3, -0.25) is 4.79 Å². The van der Waals surface area contributed by atoms with Gasteiger partial charge in [0.25, 0.3) is 0 Å². The average Bonchev–Trinajstić information content (AvgIpc) is 2.98. The first kappa shape index (κ1) is 15.2. The molecule has 5 heteroatoms. The lowest BCUT2D eigenvalue weighted by Gasteiger charge is -2.15. The molecule has 21 heavy (non-hydrogen) atoms. The summed E-state index contributed by atoms with van der Waals surface area (Å²) in [5.74, 6) is -0.0742. The van der Waals surface area contributed by atoms with E-state index < -0.39 is 0 Å². The predicted molar refractivity (Wildman–Crippen MR) is 85.1 cm³/mol. The fourth-order valence-corrected chi connectivity index (χ4v) is 2.63. The third-order valence-electron chi connectivity index (χ3n) is 3.07. The highest BCUT2D eigenvalue weighted by molar-refractivity contribution is 7.07. The van der Waals surface area contributed by atoms with Crippen LogP contribution in [0.4, 0.5) is 5.69 Å². The molecule has 0 fully saturated rings. The van der Waals surface area contributed by atoms with Crippen molar-refractivity contribution >= 4 is 22.9 Å². The Morgan fingerprint density at radius 3 is 2.90 bits per heavy atom. The molecule has 0 unspecified atom stereocenters. The number of rotatable bonds is 6. The summed E-state index contributed by atoms with van der Waals surface area (Å²) in [4.78, 5) is 14.1. The Kier molecular flexibility index (Phi) is 5.50. The van der Waals surface area contributed by atoms with Gasteiger partial charge < -0.3 is 10.2 Å². The van der Waals surface area contributed by atoms with Crippen LogP contribution in [0.3, 0.4) is 0 Å². The van der Waals surface area contributed by atoms with Crippen LogP contribution in [-0.4, -0.2) is 24.4 Å². The summed E-state index contributed by atoms with van der Waals surface area (Å²) in [5.41, 5.74) is 2.32. The molecule has 0 aliphatic carbocycles. The third-order valence-corrected chi connectivity index (χ3v) is 3.81. The molecule has 0 bridgehead atoms. The summed E-state index contributed by atoms with van der Waals surface area (Å²) in [5, 5.41) is 15.9. The van der Waals surface area contributed by atoms with E-state index >= 15 is 0 Å². The molecule has 108 valence electrons. The van der Waals surface area contributed by atoms with Crippen molar-refractivity contribution in [1.82, 2.24) is 4.90 Å². The van der Waals surface area contributed by atoms with E-state index in [1.54, 1.807) is 35.6 Å². The van der Waals surface area contributed by atoms with E-state index in [4.69, 9.17) is 5.26 Å². The van der Waals surface area contributed by atoms with E-state index in [2.05, 4.69) is 33.1 Å². The molecule has 1 aromatic carbocycles. The van der Waals surface area contributed by atoms with Crippen molar-refractivity contribution in [1.29, 1.82) is 5.26 Å². The van der Waals surface area contributed by atoms with E-state index in [9.17, 15) is 4.79 Å². The minimum Gasteiger partial charge on any atom is -0.325 e. The van der Waals surface area contributed by atoms with Gasteiger partial charge in [-0.1, -0.05) is 12.1 Å². The van der Waals surface area contributed by atoms with Crippen LogP contribution in [0.1, 0.15) is 17.5 Å². The Morgan fingerprint density at radius 1 is 1.38 bits per heavy atom. The maximum Gasteiger partial charge on any atom is 0.225 e. The zero-order valence-corrected chi connectivity index (χ0v) is 12.7. The molecule has 1 aromatic heterocycles. The molecule has 1 amide bonds. The average molecular weight is 299 g/mol. The molecule has 0 saturated heterocycles. The minimum absolute atomic E-state index is 0.0742. The highest BCUT2D eigenvalue weighted by Gasteiger charge is 2.08. The van der Waals surface area contributed by atoms with Crippen molar-refractivity contribution in [3.8, 4) is 6.07 Å². The van der Waals surface area contributed by atoms with Crippen LogP contribution >= 0.6 is 11.3 Å². The zero-order valence-electron chi connectivity index (χ0n) is 11.9. The number of carbonyl (C=O) groups excluding carboxylic acids is 1. The zero-order chi connectivity index (χ0) is 15.1. The van der Waals surface area contributed by atoms with Gasteiger partial charge in [0, 0.05) is 19.5 Å². The Balaban J connectivity index is 1.81. The van der Waals surface area contributed by atoms with E-state index in [0.717, 1.165) is 6.54 Å². The maximum atomic E-state index is 11.9. The molecule has 1 N–H and O–H groups in total. The quantitative estimate of drug-likeness (QED) is 0.892. The highest BCUT2D eigenvalue weighted by atomic mass is 32.1. The number of benzene rings is 1. The highest BCUT2D eigenvalue weighted by Crippen LogP contribution is 2.14. The Bertz CT molecular complexity index is 631. The number of nitriles is 1. The van der Waals surface area contributed by atoms with Crippen LogP contribution in [0.5, 0.6) is 0 Å². The standard InChI is InChI=1S/C16H17N3OS/c1-19(11-13-7-9-21-12-13)8-6-16(20)18-15-5-3-2-4-14(15)10-17/h2-5,7,9,12H,6,8,11H2,1H3,(H,18,20). The molecular formula is C16H17N3OS. The van der Waals surface area contributed by atoms with Crippen molar-refractivity contribution in [2.75, 3.05) is 18.9 Å². The normalized spacial score (nSPS) is 10.3. The first-order valence-electron chi connectivity index (χ1n) is 6.67. The largest absolute Gasteiger partial charge is 0.325 e. The molecule has 0 saturated carbocycles. The third kappa shape index (κ3) is 4.71. The van der Waals surface area contributed by atoms with Crippen LogP contribution < -0.4 is 5.32 Å². The summed E-state index contributed by atoms with van der Waals surface area (Å²) in [7, 11) is 1.99. The number of amides is 1. The SMILES string of the molecule is CN(CCC(=O)Nc1ccccc1C#N)Cc1ccsc1. The van der Waals surface area contributed by atoms with Crippen LogP contribution in [0.15, 0.2) is 41.1 Å². The Hall–Kier alpha value is -2.16. The predicted octanol–water partition coefficient (Wildman–Crippen LogP) is 3.08. The summed E-state index contributed by atoms with van der Waals surface area (Å²) in [6, 6.07) is 11.2. The molecule has 0 spiro atoms. The second-order valence-corrected chi connectivity index (χ2v) is 5.60. The summed E-state index contributed by atoms with van der Waals surface area (Å²) in [6.45, 7) is 1.52. The van der Waals surface area contributed by atoms with Crippen LogP contribution in [-0.2, 0) is 11.3 Å². The van der Waals surface area contributed by atoms with Gasteiger partial charge in [0.1, 0.15) is 6.07 Å². The lowest BCUT2D eigenvalue weighted by molar-refractivity contribution is -0.116. The number of hydrogen-bond acceptors (Lipinski definition) is 4. The van der Waals surface area contributed by atoms with Gasteiger partial charge in [-0.2, -0.15) is 16.6 Å². The van der Waals surface area contributed by atoms with E-state index in [0.29, 0.717) is 24.2 Å². The Morgan fingerprint density at radius 2 is 2.19 bits per heavy atom. The molecule has 4 nitrogen and oxygen atoms in total. The summed E-state index contributed by atoms with van der Waals surface area (Å²) >= 11 is 1.68. The van der Waals surface area contributed by atoms with Gasteiger partial charge >= 0.3 is 0 Å². The smallest absolute Gasteiger partial charge is 0.225 e. The molecule has 0 atom stereocenters. The number of para-hydroxylation sites is 1. The molecule has 0 radical (unpaired) electrons. The van der Waals surface area contributed by atoms with E-state index in [-0.39, 0.29) is 5.91 Å². The van der Waals surface area contributed by atoms with Crippen molar-refractivity contribution in [2.45, 2.75) is 13.0 Å². The van der Waals surface area contributed by atoms with Crippen molar-refractivity contribution in [3.63, 3.8) is 0 Å². The second-order valence-electron chi connectivity index (χ2n) is 4.82. The molecule has 0 aliphatic heterocycles. The molecule has 2 rings (SSSR count). The van der Waals surface area contributed by atoms with E-state index in [1.807, 2.05) is 7.05 Å². The fourth-order valence-electron chi connectivity index (χ4n) is 1.97. The number of anilines is 1. The number of nitrogens with zero attached hydrogens (tertiary/aromatic N) is 2. The molecular weight excluding hydrogens is 282 g/mol. The van der Waals surface area contributed by atoms with Crippen LogP contribution in [0.25, 0.3) is 0 Å². The van der Waals surface area contributed by atoms with E-state index in [1.165, 1.54) is 5.56 Å². The number of carbonyl (C=O) groups is 1. The van der Waals surface area contributed by atoms with Gasteiger partial charge in [-0.25, -0.2) is 0 Å². The summed E-state index contributed by atoms with van der Waals surface area (Å²) < 4.78 is 0. The van der Waals surface area contributed by atoms with Crippen LogP contribution in [0, 0.1) is 11.3 Å². The Labute approximate surface area is 128 Å². The molecule has 0 aliphatic rings. The first-order valence-corrected chi connectivity index (χ1v) is 7.62. The van der Waals surface area contributed by atoms with Crippen LogP contribution in [0.2, 0.25) is 0 Å². The topological polar surface area (TPSA) is 56.1 Å². The number of hydrogen-bond donors (Lipinski definition) is 1. The van der Waals surface area contributed by atoms with Gasteiger partial charge in [-0.05, 0) is 41.6 Å². The second kappa shape index (κ2) is 7.58. The minimum atomic E-state index is -0.0742. The summed E-state index contributed by atoms with van der Waals surface area (Å²) in [6.07, 6.45) is 0.403. The monoisotopic (exact) mass is 299 g/mol. The van der Waals surface area contributed by atoms with Crippen molar-refractivity contribution < 1.29 is 4.79 Å². The maximum absolute atomic E-state index is 11.9. The van der Waals surface area contributed by atoms with Gasteiger partial charge in [0.15, 0.2) is 0 Å². The van der Waals surface area contributed by atoms with Crippen molar-refractivity contribution in [2.24, 2.45) is 0 Å². The lowest BCUT2D eigenvalue weighted by Crippen LogP contribution is -2.24.